The molecular formula is C21H29N3O4S. The van der Waals surface area contributed by atoms with Crippen molar-refractivity contribution in [1.82, 2.24) is 9.80 Å². The summed E-state index contributed by atoms with van der Waals surface area (Å²) in [5, 5.41) is 0. The lowest BCUT2D eigenvalue weighted by molar-refractivity contribution is -0.138. The van der Waals surface area contributed by atoms with Crippen molar-refractivity contribution in [3.63, 3.8) is 0 Å². The normalized spacial score (nSPS) is 26.9. The molecular weight excluding hydrogens is 390 g/mol. The number of benzene rings is 1. The fraction of sp³-hybridized carbons (Fsp3) is 0.619. The van der Waals surface area contributed by atoms with Gasteiger partial charge in [0.1, 0.15) is 0 Å². The Morgan fingerprint density at radius 1 is 1.07 bits per heavy atom. The van der Waals surface area contributed by atoms with Crippen LogP contribution >= 0.6 is 0 Å². The highest BCUT2D eigenvalue weighted by Gasteiger charge is 2.40. The molecule has 3 aliphatic rings. The van der Waals surface area contributed by atoms with E-state index in [1.807, 2.05) is 34.1 Å². The van der Waals surface area contributed by atoms with Gasteiger partial charge in [0.25, 0.3) is 0 Å². The minimum atomic E-state index is -3.08. The van der Waals surface area contributed by atoms with E-state index in [0.717, 1.165) is 36.8 Å². The Labute approximate surface area is 172 Å². The van der Waals surface area contributed by atoms with Crippen LogP contribution in [0.1, 0.15) is 43.2 Å². The van der Waals surface area contributed by atoms with Gasteiger partial charge in [-0.05, 0) is 36.8 Å². The molecule has 1 aliphatic carbocycles. The van der Waals surface area contributed by atoms with E-state index < -0.39 is 21.8 Å². The average molecular weight is 420 g/mol. The molecule has 0 radical (unpaired) electrons. The largest absolute Gasteiger partial charge is 0.368 e. The molecule has 2 fully saturated rings. The summed E-state index contributed by atoms with van der Waals surface area (Å²) in [7, 11) is -3.08. The molecule has 2 aliphatic heterocycles. The Kier molecular flexibility index (Phi) is 5.66. The molecule has 158 valence electrons. The number of hydrogen-bond donors (Lipinski definition) is 1. The Hall–Kier alpha value is -1.93. The van der Waals surface area contributed by atoms with Crippen molar-refractivity contribution in [1.29, 1.82) is 0 Å². The van der Waals surface area contributed by atoms with E-state index in [1.165, 1.54) is 0 Å². The van der Waals surface area contributed by atoms with Crippen molar-refractivity contribution in [3.8, 4) is 0 Å². The molecule has 1 saturated carbocycles. The molecule has 1 aromatic rings. The van der Waals surface area contributed by atoms with E-state index in [9.17, 15) is 18.0 Å². The quantitative estimate of drug-likeness (QED) is 0.763. The molecule has 0 aromatic heterocycles. The number of primary amides is 1. The smallest absolute Gasteiger partial charge is 0.237 e. The van der Waals surface area contributed by atoms with Gasteiger partial charge in [-0.3, -0.25) is 14.5 Å². The van der Waals surface area contributed by atoms with Crippen LogP contribution < -0.4 is 5.73 Å². The fourth-order valence-electron chi connectivity index (χ4n) is 5.16. The van der Waals surface area contributed by atoms with E-state index in [0.29, 0.717) is 19.4 Å². The first-order chi connectivity index (χ1) is 13.8. The summed E-state index contributed by atoms with van der Waals surface area (Å²) >= 11 is 0. The van der Waals surface area contributed by atoms with Gasteiger partial charge in [0, 0.05) is 18.6 Å². The topological polar surface area (TPSA) is 101 Å². The molecule has 1 saturated heterocycles. The Balaban J connectivity index is 1.55. The van der Waals surface area contributed by atoms with Crippen LogP contribution in [0.25, 0.3) is 0 Å². The summed E-state index contributed by atoms with van der Waals surface area (Å²) in [5.74, 6) is -0.306. The summed E-state index contributed by atoms with van der Waals surface area (Å²) in [5.41, 5.74) is 7.86. The van der Waals surface area contributed by atoms with Crippen LogP contribution in [-0.4, -0.2) is 66.2 Å². The molecule has 4 rings (SSSR count). The zero-order chi connectivity index (χ0) is 20.6. The van der Waals surface area contributed by atoms with E-state index in [2.05, 4.69) is 0 Å². The molecule has 2 heterocycles. The lowest BCUT2D eigenvalue weighted by Gasteiger charge is -2.39. The summed E-state index contributed by atoms with van der Waals surface area (Å²) in [6, 6.07) is 7.25. The van der Waals surface area contributed by atoms with Crippen molar-refractivity contribution in [3.05, 3.63) is 35.4 Å². The summed E-state index contributed by atoms with van der Waals surface area (Å²) in [4.78, 5) is 29.2. The minimum absolute atomic E-state index is 0.0529. The second-order valence-electron chi connectivity index (χ2n) is 8.59. The zero-order valence-corrected chi connectivity index (χ0v) is 17.4. The van der Waals surface area contributed by atoms with Crippen LogP contribution in [0, 0.1) is 0 Å². The summed E-state index contributed by atoms with van der Waals surface area (Å²) in [6.07, 6.45) is 4.98. The molecule has 7 nitrogen and oxygen atoms in total. The van der Waals surface area contributed by atoms with Crippen molar-refractivity contribution in [2.75, 3.05) is 18.1 Å². The predicted molar refractivity (Wildman–Crippen MR) is 110 cm³/mol. The first-order valence-corrected chi connectivity index (χ1v) is 12.3. The first kappa shape index (κ1) is 20.3. The molecule has 1 aromatic carbocycles. The van der Waals surface area contributed by atoms with Crippen LogP contribution in [0.4, 0.5) is 0 Å². The molecule has 0 bridgehead atoms. The van der Waals surface area contributed by atoms with Crippen molar-refractivity contribution < 1.29 is 18.0 Å². The highest BCUT2D eigenvalue weighted by atomic mass is 32.2. The van der Waals surface area contributed by atoms with Crippen LogP contribution in [0.3, 0.4) is 0 Å². The van der Waals surface area contributed by atoms with Gasteiger partial charge in [-0.25, -0.2) is 8.42 Å². The molecule has 2 amide bonds. The summed E-state index contributed by atoms with van der Waals surface area (Å²) < 4.78 is 24.1. The SMILES string of the molecule is NC(=O)[C@@H]1Cc2ccccc2CN1CC(=O)N(C1CCCC1)C1CCS(=O)(=O)C1. The van der Waals surface area contributed by atoms with Crippen molar-refractivity contribution >= 4 is 21.7 Å². The predicted octanol–water partition coefficient (Wildman–Crippen LogP) is 0.857. The van der Waals surface area contributed by atoms with E-state index >= 15 is 0 Å². The standard InChI is InChI=1S/C21H29N3O4S/c22-21(26)19-11-15-5-1-2-6-16(15)12-23(19)13-20(25)24(17-7-3-4-8-17)18-9-10-29(27,28)14-18/h1-2,5-6,17-19H,3-4,7-14H2,(H2,22,26)/t18?,19-/m0/s1. The average Bonchev–Trinajstić information content (AvgIpc) is 3.31. The molecule has 1 unspecified atom stereocenters. The lowest BCUT2D eigenvalue weighted by atomic mass is 9.93. The van der Waals surface area contributed by atoms with Gasteiger partial charge in [0.05, 0.1) is 24.1 Å². The maximum absolute atomic E-state index is 13.4. The monoisotopic (exact) mass is 419 g/mol. The number of nitrogens with zero attached hydrogens (tertiary/aromatic N) is 2. The van der Waals surface area contributed by atoms with Gasteiger partial charge in [0.15, 0.2) is 9.84 Å². The second-order valence-corrected chi connectivity index (χ2v) is 10.8. The molecule has 8 heteroatoms. The van der Waals surface area contributed by atoms with Gasteiger partial charge in [-0.15, -0.1) is 0 Å². The number of carbonyl (C=O) groups excluding carboxylic acids is 2. The second kappa shape index (κ2) is 8.07. The number of nitrogens with two attached hydrogens (primary N) is 1. The van der Waals surface area contributed by atoms with Crippen LogP contribution in [-0.2, 0) is 32.4 Å². The molecule has 2 N–H and O–H groups in total. The number of fused-ring (bicyclic) bond motifs is 1. The maximum Gasteiger partial charge on any atom is 0.237 e. The Bertz CT molecular complexity index is 895. The number of hydrogen-bond acceptors (Lipinski definition) is 5. The molecule has 29 heavy (non-hydrogen) atoms. The maximum atomic E-state index is 13.4. The third-order valence-corrected chi connectivity index (χ3v) is 8.37. The van der Waals surface area contributed by atoms with E-state index in [-0.39, 0.29) is 36.0 Å². The highest BCUT2D eigenvalue weighted by molar-refractivity contribution is 7.91. The van der Waals surface area contributed by atoms with Gasteiger partial charge in [0.2, 0.25) is 11.8 Å². The number of carbonyl (C=O) groups is 2. The third kappa shape index (κ3) is 4.33. The number of amides is 2. The minimum Gasteiger partial charge on any atom is -0.368 e. The van der Waals surface area contributed by atoms with Crippen molar-refractivity contribution in [2.45, 2.75) is 63.2 Å². The van der Waals surface area contributed by atoms with Crippen LogP contribution in [0.5, 0.6) is 0 Å². The number of sulfone groups is 1. The van der Waals surface area contributed by atoms with E-state index in [1.54, 1.807) is 0 Å². The van der Waals surface area contributed by atoms with Crippen LogP contribution in [0.15, 0.2) is 24.3 Å². The van der Waals surface area contributed by atoms with E-state index in [4.69, 9.17) is 5.73 Å². The number of rotatable bonds is 5. The first-order valence-electron chi connectivity index (χ1n) is 10.5. The Morgan fingerprint density at radius 3 is 2.38 bits per heavy atom. The fourth-order valence-corrected chi connectivity index (χ4v) is 6.87. The lowest BCUT2D eigenvalue weighted by Crippen LogP contribution is -2.55. The molecule has 0 spiro atoms. The van der Waals surface area contributed by atoms with Gasteiger partial charge < -0.3 is 10.6 Å². The van der Waals surface area contributed by atoms with Gasteiger partial charge in [-0.1, -0.05) is 37.1 Å². The van der Waals surface area contributed by atoms with Crippen LogP contribution in [0.2, 0.25) is 0 Å². The zero-order valence-electron chi connectivity index (χ0n) is 16.6. The van der Waals surface area contributed by atoms with Gasteiger partial charge >= 0.3 is 0 Å². The third-order valence-electron chi connectivity index (χ3n) is 6.62. The summed E-state index contributed by atoms with van der Waals surface area (Å²) in [6.45, 7) is 0.589. The van der Waals surface area contributed by atoms with Gasteiger partial charge in [-0.2, -0.15) is 0 Å². The molecule has 2 atom stereocenters. The van der Waals surface area contributed by atoms with Crippen molar-refractivity contribution in [2.24, 2.45) is 5.73 Å². The highest BCUT2D eigenvalue weighted by Crippen LogP contribution is 2.30. The Morgan fingerprint density at radius 2 is 1.76 bits per heavy atom.